The summed E-state index contributed by atoms with van der Waals surface area (Å²) >= 11 is 5.28. The molecule has 20 heavy (non-hydrogen) atoms. The molecule has 0 heterocycles. The highest BCUT2D eigenvalue weighted by Crippen LogP contribution is 2.24. The molecule has 0 bridgehead atoms. The summed E-state index contributed by atoms with van der Waals surface area (Å²) in [6, 6.07) is 13.3. The summed E-state index contributed by atoms with van der Waals surface area (Å²) in [4.78, 5) is 0. The molecule has 0 aliphatic rings. The van der Waals surface area contributed by atoms with Gasteiger partial charge in [-0.15, -0.1) is 0 Å². The maximum Gasteiger partial charge on any atom is 0.170 e. The summed E-state index contributed by atoms with van der Waals surface area (Å²) in [7, 11) is 0. The van der Waals surface area contributed by atoms with Gasteiger partial charge in [0.2, 0.25) is 0 Å². The second-order valence-electron chi connectivity index (χ2n) is 5.73. The first kappa shape index (κ1) is 14.8. The SMILES string of the molecule is CC(C)NC(=S)Nc1ccc2ccc(C(C)C)cc2c1.[HH].[HH]. The second kappa shape index (κ2) is 6.23. The van der Waals surface area contributed by atoms with Crippen molar-refractivity contribution in [2.45, 2.75) is 39.7 Å². The number of anilines is 1. The van der Waals surface area contributed by atoms with Gasteiger partial charge in [0, 0.05) is 14.6 Å². The van der Waals surface area contributed by atoms with Gasteiger partial charge in [-0.2, -0.15) is 0 Å². The first-order chi connectivity index (χ1) is 9.45. The molecule has 0 saturated carbocycles. The summed E-state index contributed by atoms with van der Waals surface area (Å²) in [5.74, 6) is 0.541. The van der Waals surface area contributed by atoms with E-state index in [1.807, 2.05) is 0 Å². The van der Waals surface area contributed by atoms with Crippen molar-refractivity contribution in [1.82, 2.24) is 5.32 Å². The quantitative estimate of drug-likeness (QED) is 0.764. The van der Waals surface area contributed by atoms with Gasteiger partial charge in [0.05, 0.1) is 0 Å². The minimum Gasteiger partial charge on any atom is -0.360 e. The Morgan fingerprint density at radius 2 is 1.70 bits per heavy atom. The smallest absolute Gasteiger partial charge is 0.170 e. The molecule has 0 aliphatic heterocycles. The molecule has 0 aliphatic carbocycles. The lowest BCUT2D eigenvalue weighted by atomic mass is 9.99. The highest BCUT2D eigenvalue weighted by molar-refractivity contribution is 7.80. The minimum atomic E-state index is 0. The fraction of sp³-hybridized carbons (Fsp3) is 0.353. The Labute approximate surface area is 129 Å². The molecule has 2 nitrogen and oxygen atoms in total. The van der Waals surface area contributed by atoms with E-state index >= 15 is 0 Å². The van der Waals surface area contributed by atoms with Gasteiger partial charge in [0.1, 0.15) is 0 Å². The molecule has 110 valence electrons. The molecule has 2 rings (SSSR count). The second-order valence-corrected chi connectivity index (χ2v) is 6.14. The zero-order chi connectivity index (χ0) is 14.7. The Balaban J connectivity index is 0.00000220. The van der Waals surface area contributed by atoms with Crippen molar-refractivity contribution in [1.29, 1.82) is 0 Å². The van der Waals surface area contributed by atoms with E-state index in [-0.39, 0.29) is 2.85 Å². The lowest BCUT2D eigenvalue weighted by Gasteiger charge is -2.14. The van der Waals surface area contributed by atoms with Crippen LogP contribution in [0.1, 0.15) is 42.0 Å². The monoisotopic (exact) mass is 290 g/mol. The van der Waals surface area contributed by atoms with Crippen molar-refractivity contribution >= 4 is 33.8 Å². The predicted molar refractivity (Wildman–Crippen MR) is 96.8 cm³/mol. The van der Waals surface area contributed by atoms with Crippen LogP contribution < -0.4 is 10.6 Å². The Hall–Kier alpha value is -1.61. The first-order valence-electron chi connectivity index (χ1n) is 7.07. The van der Waals surface area contributed by atoms with Gasteiger partial charge < -0.3 is 10.6 Å². The molecular formula is C17H26N2S. The lowest BCUT2D eigenvalue weighted by Crippen LogP contribution is -2.33. The fourth-order valence-electron chi connectivity index (χ4n) is 2.13. The van der Waals surface area contributed by atoms with Crippen molar-refractivity contribution in [2.75, 3.05) is 5.32 Å². The Morgan fingerprint density at radius 1 is 1.00 bits per heavy atom. The maximum absolute atomic E-state index is 5.28. The van der Waals surface area contributed by atoms with Gasteiger partial charge in [-0.25, -0.2) is 0 Å². The molecule has 0 spiro atoms. The van der Waals surface area contributed by atoms with Crippen LogP contribution in [0, 0.1) is 0 Å². The Kier molecular flexibility index (Phi) is 4.61. The molecule has 0 atom stereocenters. The van der Waals surface area contributed by atoms with Crippen molar-refractivity contribution < 1.29 is 2.85 Å². The van der Waals surface area contributed by atoms with E-state index < -0.39 is 0 Å². The van der Waals surface area contributed by atoms with Gasteiger partial charge in [-0.3, -0.25) is 0 Å². The highest BCUT2D eigenvalue weighted by atomic mass is 32.1. The van der Waals surface area contributed by atoms with E-state index in [1.54, 1.807) is 0 Å². The normalized spacial score (nSPS) is 11.1. The minimum absolute atomic E-state index is 0. The Morgan fingerprint density at radius 3 is 2.35 bits per heavy atom. The molecule has 3 heteroatoms. The Bertz CT molecular complexity index is 627. The van der Waals surface area contributed by atoms with Crippen LogP contribution in [-0.2, 0) is 0 Å². The van der Waals surface area contributed by atoms with Crippen molar-refractivity contribution in [3.63, 3.8) is 0 Å². The molecule has 0 unspecified atom stereocenters. The van der Waals surface area contributed by atoms with Crippen LogP contribution in [0.3, 0.4) is 0 Å². The zero-order valence-electron chi connectivity index (χ0n) is 12.5. The van der Waals surface area contributed by atoms with E-state index in [4.69, 9.17) is 12.2 Å². The van der Waals surface area contributed by atoms with E-state index in [1.165, 1.54) is 16.3 Å². The molecule has 2 aromatic rings. The molecule has 0 aromatic heterocycles. The van der Waals surface area contributed by atoms with Crippen LogP contribution in [0.5, 0.6) is 0 Å². The van der Waals surface area contributed by atoms with Crippen molar-refractivity contribution in [3.8, 4) is 0 Å². The molecular weight excluding hydrogens is 264 g/mol. The first-order valence-corrected chi connectivity index (χ1v) is 7.48. The number of thiocarbonyl (C=S) groups is 1. The van der Waals surface area contributed by atoms with Crippen LogP contribution in [0.4, 0.5) is 5.69 Å². The third-order valence-electron chi connectivity index (χ3n) is 3.21. The van der Waals surface area contributed by atoms with Crippen LogP contribution in [0.25, 0.3) is 10.8 Å². The lowest BCUT2D eigenvalue weighted by molar-refractivity contribution is 0.739. The molecule has 0 fully saturated rings. The van der Waals surface area contributed by atoms with Crippen LogP contribution >= 0.6 is 12.2 Å². The van der Waals surface area contributed by atoms with Gasteiger partial charge >= 0.3 is 0 Å². The molecule has 0 amide bonds. The van der Waals surface area contributed by atoms with Gasteiger partial charge in [0.15, 0.2) is 5.11 Å². The molecule has 0 radical (unpaired) electrons. The maximum atomic E-state index is 5.28. The summed E-state index contributed by atoms with van der Waals surface area (Å²) in [6.07, 6.45) is 0. The molecule has 0 saturated heterocycles. The van der Waals surface area contributed by atoms with Gasteiger partial charge in [-0.05, 0) is 60.5 Å². The van der Waals surface area contributed by atoms with Crippen LogP contribution in [-0.4, -0.2) is 11.2 Å². The third kappa shape index (κ3) is 3.70. The van der Waals surface area contributed by atoms with E-state index in [0.717, 1.165) is 5.69 Å². The fourth-order valence-corrected chi connectivity index (χ4v) is 2.49. The van der Waals surface area contributed by atoms with E-state index in [9.17, 15) is 0 Å². The van der Waals surface area contributed by atoms with Crippen molar-refractivity contribution in [3.05, 3.63) is 42.0 Å². The predicted octanol–water partition coefficient (Wildman–Crippen LogP) is 5.15. The number of hydrogen-bond acceptors (Lipinski definition) is 1. The van der Waals surface area contributed by atoms with E-state index in [0.29, 0.717) is 17.1 Å². The number of fused-ring (bicyclic) bond motifs is 1. The summed E-state index contributed by atoms with van der Waals surface area (Å²) in [5, 5.41) is 9.59. The topological polar surface area (TPSA) is 24.1 Å². The number of nitrogens with one attached hydrogen (secondary N) is 2. The third-order valence-corrected chi connectivity index (χ3v) is 3.43. The summed E-state index contributed by atoms with van der Waals surface area (Å²) < 4.78 is 0. The van der Waals surface area contributed by atoms with Gasteiger partial charge in [-0.1, -0.05) is 38.1 Å². The molecule has 2 aromatic carbocycles. The summed E-state index contributed by atoms with van der Waals surface area (Å²) in [6.45, 7) is 8.57. The zero-order valence-corrected chi connectivity index (χ0v) is 13.3. The average molecular weight is 290 g/mol. The average Bonchev–Trinajstić information content (AvgIpc) is 2.36. The van der Waals surface area contributed by atoms with E-state index in [2.05, 4.69) is 74.7 Å². The largest absolute Gasteiger partial charge is 0.360 e. The van der Waals surface area contributed by atoms with Gasteiger partial charge in [0.25, 0.3) is 0 Å². The van der Waals surface area contributed by atoms with Crippen LogP contribution in [0.2, 0.25) is 0 Å². The number of benzene rings is 2. The van der Waals surface area contributed by atoms with Crippen molar-refractivity contribution in [2.24, 2.45) is 0 Å². The number of rotatable bonds is 3. The standard InChI is InChI=1S/C17H22N2S.2H2/c1-11(2)14-6-5-13-7-8-16(10-15(13)9-14)19-17(20)18-12(3)4;;/h5-12H,1-4H3,(H2,18,19,20);2*1H. The summed E-state index contributed by atoms with van der Waals surface area (Å²) in [5.41, 5.74) is 2.38. The molecule has 2 N–H and O–H groups in total. The van der Waals surface area contributed by atoms with Crippen LogP contribution in [0.15, 0.2) is 36.4 Å². The number of hydrogen-bond donors (Lipinski definition) is 2. The highest BCUT2D eigenvalue weighted by Gasteiger charge is 2.03.